The van der Waals surface area contributed by atoms with Gasteiger partial charge in [-0.1, -0.05) is 0 Å². The molecule has 2 heterocycles. The highest BCUT2D eigenvalue weighted by molar-refractivity contribution is 5.88. The van der Waals surface area contributed by atoms with E-state index in [-0.39, 0.29) is 12.1 Å². The number of hydrogen-bond acceptors (Lipinski definition) is 3. The smallest absolute Gasteiger partial charge is 0.320 e. The lowest BCUT2D eigenvalue weighted by atomic mass is 9.93. The van der Waals surface area contributed by atoms with Crippen molar-refractivity contribution in [3.05, 3.63) is 47.8 Å². The molecule has 1 aliphatic rings. The standard InChI is InChI=1S/C14H14FN3O2/c15-9-4-5-13(16-8-9)18-14(19)17-11-2-1-3-12-10(11)6-7-20-12/h4-8,11H,1-3H2,(H2,16,17,18,19)/t11-/m0/s1. The molecule has 5 nitrogen and oxygen atoms in total. The van der Waals surface area contributed by atoms with Crippen LogP contribution in [0.5, 0.6) is 0 Å². The number of urea groups is 1. The van der Waals surface area contributed by atoms with Crippen molar-refractivity contribution in [1.29, 1.82) is 0 Å². The summed E-state index contributed by atoms with van der Waals surface area (Å²) in [6.45, 7) is 0. The number of furan rings is 1. The Morgan fingerprint density at radius 3 is 3.10 bits per heavy atom. The average molecular weight is 275 g/mol. The van der Waals surface area contributed by atoms with Gasteiger partial charge >= 0.3 is 6.03 Å². The number of halogens is 1. The lowest BCUT2D eigenvalue weighted by Crippen LogP contribution is -2.34. The maximum Gasteiger partial charge on any atom is 0.320 e. The zero-order chi connectivity index (χ0) is 13.9. The van der Waals surface area contributed by atoms with Gasteiger partial charge in [-0.05, 0) is 31.0 Å². The molecule has 2 amide bonds. The third-order valence-corrected chi connectivity index (χ3v) is 3.33. The molecule has 2 N–H and O–H groups in total. The number of hydrogen-bond donors (Lipinski definition) is 2. The Labute approximate surface area is 115 Å². The van der Waals surface area contributed by atoms with Crippen LogP contribution < -0.4 is 10.6 Å². The van der Waals surface area contributed by atoms with Gasteiger partial charge in [0.1, 0.15) is 17.4 Å². The molecule has 0 unspecified atom stereocenters. The van der Waals surface area contributed by atoms with Gasteiger partial charge in [-0.15, -0.1) is 0 Å². The second-order valence-electron chi connectivity index (χ2n) is 4.70. The molecule has 2 aromatic rings. The number of carbonyl (C=O) groups excluding carboxylic acids is 1. The third kappa shape index (κ3) is 2.64. The first-order valence-corrected chi connectivity index (χ1v) is 6.48. The van der Waals surface area contributed by atoms with Crippen LogP contribution in [-0.4, -0.2) is 11.0 Å². The molecule has 0 saturated heterocycles. The highest BCUT2D eigenvalue weighted by Crippen LogP contribution is 2.30. The zero-order valence-electron chi connectivity index (χ0n) is 10.7. The molecule has 0 radical (unpaired) electrons. The number of amides is 2. The van der Waals surface area contributed by atoms with Gasteiger partial charge in [0, 0.05) is 12.0 Å². The highest BCUT2D eigenvalue weighted by atomic mass is 19.1. The van der Waals surface area contributed by atoms with Crippen molar-refractivity contribution in [3.63, 3.8) is 0 Å². The van der Waals surface area contributed by atoms with E-state index in [1.807, 2.05) is 6.07 Å². The summed E-state index contributed by atoms with van der Waals surface area (Å²) in [5.74, 6) is 0.805. The maximum absolute atomic E-state index is 12.7. The van der Waals surface area contributed by atoms with Crippen LogP contribution in [-0.2, 0) is 6.42 Å². The van der Waals surface area contributed by atoms with Gasteiger partial charge in [-0.25, -0.2) is 14.2 Å². The van der Waals surface area contributed by atoms with Gasteiger partial charge in [-0.3, -0.25) is 5.32 Å². The number of carbonyl (C=O) groups is 1. The maximum atomic E-state index is 12.7. The lowest BCUT2D eigenvalue weighted by molar-refractivity contribution is 0.246. The van der Waals surface area contributed by atoms with Crippen LogP contribution >= 0.6 is 0 Å². The average Bonchev–Trinajstić information content (AvgIpc) is 2.91. The summed E-state index contributed by atoms with van der Waals surface area (Å²) in [5, 5.41) is 5.46. The first-order valence-electron chi connectivity index (χ1n) is 6.48. The second-order valence-corrected chi connectivity index (χ2v) is 4.70. The Morgan fingerprint density at radius 2 is 2.30 bits per heavy atom. The van der Waals surface area contributed by atoms with Crippen LogP contribution in [0.2, 0.25) is 0 Å². The van der Waals surface area contributed by atoms with Crippen LogP contribution in [0, 0.1) is 5.82 Å². The Balaban J connectivity index is 1.64. The summed E-state index contributed by atoms with van der Waals surface area (Å²) < 4.78 is 18.1. The van der Waals surface area contributed by atoms with Crippen molar-refractivity contribution in [3.8, 4) is 0 Å². The van der Waals surface area contributed by atoms with Crippen LogP contribution in [0.4, 0.5) is 15.0 Å². The molecule has 3 rings (SSSR count). The monoisotopic (exact) mass is 275 g/mol. The number of aryl methyl sites for hydroxylation is 1. The van der Waals surface area contributed by atoms with E-state index in [0.29, 0.717) is 5.82 Å². The molecule has 6 heteroatoms. The lowest BCUT2D eigenvalue weighted by Gasteiger charge is -2.22. The van der Waals surface area contributed by atoms with Gasteiger partial charge < -0.3 is 9.73 Å². The molecule has 2 aromatic heterocycles. The first-order chi connectivity index (χ1) is 9.72. The Bertz CT molecular complexity index is 609. The molecule has 104 valence electrons. The molecule has 1 aliphatic carbocycles. The number of pyridine rings is 1. The van der Waals surface area contributed by atoms with Crippen molar-refractivity contribution in [2.45, 2.75) is 25.3 Å². The fourth-order valence-corrected chi connectivity index (χ4v) is 2.40. The number of rotatable bonds is 2. The van der Waals surface area contributed by atoms with Gasteiger partial charge in [0.2, 0.25) is 0 Å². The molecule has 0 aliphatic heterocycles. The molecule has 1 atom stereocenters. The summed E-state index contributed by atoms with van der Waals surface area (Å²) in [6.07, 6.45) is 5.45. The van der Waals surface area contributed by atoms with Gasteiger partial charge in [0.05, 0.1) is 18.5 Å². The zero-order valence-corrected chi connectivity index (χ0v) is 10.7. The number of nitrogens with zero attached hydrogens (tertiary/aromatic N) is 1. The molecule has 0 saturated carbocycles. The van der Waals surface area contributed by atoms with Crippen molar-refractivity contribution in [1.82, 2.24) is 10.3 Å². The summed E-state index contributed by atoms with van der Waals surface area (Å²) in [4.78, 5) is 15.7. The topological polar surface area (TPSA) is 67.2 Å². The van der Waals surface area contributed by atoms with E-state index < -0.39 is 5.82 Å². The van der Waals surface area contributed by atoms with E-state index in [1.54, 1.807) is 6.26 Å². The molecule has 20 heavy (non-hydrogen) atoms. The largest absolute Gasteiger partial charge is 0.469 e. The van der Waals surface area contributed by atoms with E-state index in [2.05, 4.69) is 15.6 Å². The Hall–Kier alpha value is -2.37. The summed E-state index contributed by atoms with van der Waals surface area (Å²) >= 11 is 0. The summed E-state index contributed by atoms with van der Waals surface area (Å²) in [7, 11) is 0. The van der Waals surface area contributed by atoms with Crippen LogP contribution in [0.3, 0.4) is 0 Å². The van der Waals surface area contributed by atoms with E-state index in [0.717, 1.165) is 36.8 Å². The molecule has 0 fully saturated rings. The minimum atomic E-state index is -0.439. The van der Waals surface area contributed by atoms with E-state index >= 15 is 0 Å². The van der Waals surface area contributed by atoms with E-state index in [1.165, 1.54) is 12.1 Å². The number of nitrogens with one attached hydrogen (secondary N) is 2. The van der Waals surface area contributed by atoms with Crippen molar-refractivity contribution >= 4 is 11.8 Å². The molecular formula is C14H14FN3O2. The van der Waals surface area contributed by atoms with Crippen molar-refractivity contribution in [2.24, 2.45) is 0 Å². The van der Waals surface area contributed by atoms with E-state index in [9.17, 15) is 9.18 Å². The third-order valence-electron chi connectivity index (χ3n) is 3.33. The molecular weight excluding hydrogens is 261 g/mol. The molecule has 0 spiro atoms. The second kappa shape index (κ2) is 5.32. The quantitative estimate of drug-likeness (QED) is 0.885. The van der Waals surface area contributed by atoms with E-state index in [4.69, 9.17) is 4.42 Å². The fraction of sp³-hybridized carbons (Fsp3) is 0.286. The fourth-order valence-electron chi connectivity index (χ4n) is 2.40. The normalized spacial score (nSPS) is 17.4. The van der Waals surface area contributed by atoms with Crippen LogP contribution in [0.15, 0.2) is 35.1 Å². The number of fused-ring (bicyclic) bond motifs is 1. The van der Waals surface area contributed by atoms with Crippen LogP contribution in [0.1, 0.15) is 30.2 Å². The highest BCUT2D eigenvalue weighted by Gasteiger charge is 2.23. The molecule has 0 bridgehead atoms. The SMILES string of the molecule is O=C(Nc1ccc(F)cn1)N[C@H]1CCCc2occc21. The number of aromatic nitrogens is 1. The van der Waals surface area contributed by atoms with Gasteiger partial charge in [-0.2, -0.15) is 0 Å². The minimum Gasteiger partial charge on any atom is -0.469 e. The van der Waals surface area contributed by atoms with Crippen LogP contribution in [0.25, 0.3) is 0 Å². The summed E-state index contributed by atoms with van der Waals surface area (Å²) in [6, 6.07) is 4.13. The first kappa shape index (κ1) is 12.7. The van der Waals surface area contributed by atoms with Gasteiger partial charge in [0.25, 0.3) is 0 Å². The van der Waals surface area contributed by atoms with Crippen molar-refractivity contribution < 1.29 is 13.6 Å². The van der Waals surface area contributed by atoms with Crippen molar-refractivity contribution in [2.75, 3.05) is 5.32 Å². The van der Waals surface area contributed by atoms with Gasteiger partial charge in [0.15, 0.2) is 0 Å². The minimum absolute atomic E-state index is 0.0575. The predicted molar refractivity (Wildman–Crippen MR) is 70.7 cm³/mol. The molecule has 0 aromatic carbocycles. The Kier molecular flexibility index (Phi) is 3.37. The Morgan fingerprint density at radius 1 is 1.40 bits per heavy atom. The number of anilines is 1. The predicted octanol–water partition coefficient (Wildman–Crippen LogP) is 3.01. The summed E-state index contributed by atoms with van der Waals surface area (Å²) in [5.41, 5.74) is 1.03.